The van der Waals surface area contributed by atoms with Gasteiger partial charge in [0.05, 0.1) is 45.7 Å². The van der Waals surface area contributed by atoms with Crippen LogP contribution in [0, 0.1) is 46.3 Å². The van der Waals surface area contributed by atoms with Crippen molar-refractivity contribution < 1.29 is 18.9 Å². The van der Waals surface area contributed by atoms with Crippen molar-refractivity contribution in [1.29, 1.82) is 0 Å². The van der Waals surface area contributed by atoms with Crippen molar-refractivity contribution in [3.63, 3.8) is 0 Å². The zero-order chi connectivity index (χ0) is 35.0. The third-order valence-electron chi connectivity index (χ3n) is 13.9. The van der Waals surface area contributed by atoms with Gasteiger partial charge in [0.15, 0.2) is 0 Å². The first kappa shape index (κ1) is 41.1. The van der Waals surface area contributed by atoms with Crippen LogP contribution in [0.2, 0.25) is 0 Å². The van der Waals surface area contributed by atoms with E-state index in [1.807, 2.05) is 0 Å². The van der Waals surface area contributed by atoms with E-state index in [4.69, 9.17) is 18.9 Å². The number of hydrogen-bond donors (Lipinski definition) is 0. The zero-order valence-electron chi connectivity index (χ0n) is 33.3. The maximum absolute atomic E-state index is 6.39. The molecule has 4 nitrogen and oxygen atoms in total. The molecule has 0 aromatic carbocycles. The van der Waals surface area contributed by atoms with E-state index < -0.39 is 0 Å². The largest absolute Gasteiger partial charge is 0.379 e. The van der Waals surface area contributed by atoms with Crippen molar-refractivity contribution in [2.24, 2.45) is 46.3 Å². The Morgan fingerprint density at radius 1 is 0.714 bits per heavy atom. The highest BCUT2D eigenvalue weighted by Crippen LogP contribution is 2.67. The standard InChI is InChI=1S/C45H80O4/c1-7-8-9-10-11-12-13-14-15-16-28-46-29-30-47-31-32-48-33-34-49-39-24-26-44(5)38(35-39)20-21-40-42-23-22-41(37(4)19-17-18-36(2)3)45(42,6)27-25-43(40)44/h8-9,20,36-37,39-43H,7,10-19,21-35H2,1-6H3/t37-,39+,40?,41-,42?,43?,44+,45-/m1/s1. The Kier molecular flexibility index (Phi) is 18.2. The van der Waals surface area contributed by atoms with Crippen molar-refractivity contribution in [2.75, 3.05) is 46.2 Å². The number of unbranched alkanes of at least 4 members (excludes halogenated alkanes) is 6. The van der Waals surface area contributed by atoms with Crippen LogP contribution in [0.5, 0.6) is 0 Å². The lowest BCUT2D eigenvalue weighted by molar-refractivity contribution is -0.0691. The van der Waals surface area contributed by atoms with Gasteiger partial charge in [-0.1, -0.05) is 110 Å². The summed E-state index contributed by atoms with van der Waals surface area (Å²) in [7, 11) is 0. The Morgan fingerprint density at radius 2 is 1.41 bits per heavy atom. The van der Waals surface area contributed by atoms with Crippen LogP contribution in [0.25, 0.3) is 0 Å². The van der Waals surface area contributed by atoms with E-state index in [0.717, 1.165) is 61.4 Å². The molecule has 0 heterocycles. The summed E-state index contributed by atoms with van der Waals surface area (Å²) in [5.41, 5.74) is 2.70. The Labute approximate surface area is 304 Å². The summed E-state index contributed by atoms with van der Waals surface area (Å²) in [4.78, 5) is 0. The van der Waals surface area contributed by atoms with Gasteiger partial charge >= 0.3 is 0 Å². The lowest BCUT2D eigenvalue weighted by atomic mass is 9.47. The highest BCUT2D eigenvalue weighted by molar-refractivity contribution is 5.25. The molecule has 0 aromatic heterocycles. The fourth-order valence-corrected chi connectivity index (χ4v) is 11.1. The van der Waals surface area contributed by atoms with Gasteiger partial charge < -0.3 is 18.9 Å². The third kappa shape index (κ3) is 12.2. The topological polar surface area (TPSA) is 36.9 Å². The van der Waals surface area contributed by atoms with Crippen molar-refractivity contribution in [3.8, 4) is 0 Å². The first-order valence-corrected chi connectivity index (χ1v) is 21.5. The average Bonchev–Trinajstić information content (AvgIpc) is 3.44. The smallest absolute Gasteiger partial charge is 0.0704 e. The maximum atomic E-state index is 6.39. The average molecular weight is 685 g/mol. The number of hydrogen-bond acceptors (Lipinski definition) is 4. The van der Waals surface area contributed by atoms with Gasteiger partial charge in [-0.05, 0) is 123 Å². The third-order valence-corrected chi connectivity index (χ3v) is 13.9. The van der Waals surface area contributed by atoms with Gasteiger partial charge in [0, 0.05) is 6.61 Å². The molecule has 3 saturated carbocycles. The molecule has 4 heteroatoms. The molecule has 49 heavy (non-hydrogen) atoms. The molecular weight excluding hydrogens is 604 g/mol. The molecule has 0 N–H and O–H groups in total. The van der Waals surface area contributed by atoms with Gasteiger partial charge in [0.1, 0.15) is 0 Å². The minimum atomic E-state index is 0.359. The molecule has 0 spiro atoms. The Hall–Kier alpha value is -0.680. The van der Waals surface area contributed by atoms with Crippen LogP contribution in [0.4, 0.5) is 0 Å². The van der Waals surface area contributed by atoms with E-state index in [1.165, 1.54) is 103 Å². The number of fused-ring (bicyclic) bond motifs is 5. The summed E-state index contributed by atoms with van der Waals surface area (Å²) in [6.45, 7) is 19.7. The second-order valence-electron chi connectivity index (χ2n) is 17.7. The predicted octanol–water partition coefficient (Wildman–Crippen LogP) is 12.2. The first-order valence-electron chi connectivity index (χ1n) is 21.5. The van der Waals surface area contributed by atoms with Gasteiger partial charge in [0.25, 0.3) is 0 Å². The second-order valence-corrected chi connectivity index (χ2v) is 17.7. The minimum absolute atomic E-state index is 0.359. The Balaban J connectivity index is 1.02. The monoisotopic (exact) mass is 685 g/mol. The van der Waals surface area contributed by atoms with E-state index in [1.54, 1.807) is 5.57 Å². The van der Waals surface area contributed by atoms with Crippen molar-refractivity contribution in [3.05, 3.63) is 23.8 Å². The highest BCUT2D eigenvalue weighted by atomic mass is 16.6. The van der Waals surface area contributed by atoms with Gasteiger partial charge in [-0.15, -0.1) is 0 Å². The summed E-state index contributed by atoms with van der Waals surface area (Å²) in [6.07, 6.45) is 33.0. The van der Waals surface area contributed by atoms with E-state index in [2.05, 4.69) is 59.8 Å². The highest BCUT2D eigenvalue weighted by Gasteiger charge is 2.59. The maximum Gasteiger partial charge on any atom is 0.0704 e. The van der Waals surface area contributed by atoms with Gasteiger partial charge in [-0.2, -0.15) is 0 Å². The molecule has 0 bridgehead atoms. The second kappa shape index (κ2) is 21.8. The fourth-order valence-electron chi connectivity index (χ4n) is 11.1. The van der Waals surface area contributed by atoms with Crippen LogP contribution < -0.4 is 0 Å². The summed E-state index contributed by atoms with van der Waals surface area (Å²) >= 11 is 0. The molecule has 4 rings (SSSR count). The van der Waals surface area contributed by atoms with Crippen LogP contribution in [0.15, 0.2) is 23.8 Å². The molecule has 0 aliphatic heterocycles. The van der Waals surface area contributed by atoms with Gasteiger partial charge in [-0.3, -0.25) is 0 Å². The van der Waals surface area contributed by atoms with Gasteiger partial charge in [0.2, 0.25) is 0 Å². The van der Waals surface area contributed by atoms with Crippen LogP contribution in [-0.2, 0) is 18.9 Å². The minimum Gasteiger partial charge on any atom is -0.379 e. The normalized spacial score (nSPS) is 31.9. The molecule has 4 aliphatic carbocycles. The summed E-state index contributed by atoms with van der Waals surface area (Å²) in [6, 6.07) is 0. The number of rotatable bonds is 25. The summed E-state index contributed by atoms with van der Waals surface area (Å²) in [5.74, 6) is 5.40. The fraction of sp³-hybridized carbons (Fsp3) is 0.911. The van der Waals surface area contributed by atoms with Crippen LogP contribution in [-0.4, -0.2) is 52.4 Å². The molecule has 0 saturated heterocycles. The molecule has 0 aromatic rings. The SMILES string of the molecule is CCC=CCCCCCCCCOCCOCCOCCO[C@H]1CC[C@@]2(C)C(=CCC3C2CC[C@@]2(C)C3CC[C@@H]2[C@H](C)CCCC(C)C)C1. The van der Waals surface area contributed by atoms with Crippen molar-refractivity contribution in [2.45, 2.75) is 170 Å². The first-order chi connectivity index (χ1) is 23.8. The van der Waals surface area contributed by atoms with E-state index in [0.29, 0.717) is 56.6 Å². The predicted molar refractivity (Wildman–Crippen MR) is 207 cm³/mol. The molecule has 4 aliphatic rings. The van der Waals surface area contributed by atoms with Crippen LogP contribution in [0.3, 0.4) is 0 Å². The molecular formula is C45H80O4. The van der Waals surface area contributed by atoms with E-state index in [-0.39, 0.29) is 0 Å². The molecule has 8 atom stereocenters. The molecule has 3 unspecified atom stereocenters. The van der Waals surface area contributed by atoms with Crippen LogP contribution in [0.1, 0.15) is 164 Å². The lowest BCUT2D eigenvalue weighted by Crippen LogP contribution is -2.51. The zero-order valence-corrected chi connectivity index (χ0v) is 33.3. The van der Waals surface area contributed by atoms with E-state index in [9.17, 15) is 0 Å². The lowest BCUT2D eigenvalue weighted by Gasteiger charge is -2.58. The molecule has 284 valence electrons. The summed E-state index contributed by atoms with van der Waals surface area (Å²) < 4.78 is 23.7. The Morgan fingerprint density at radius 3 is 2.14 bits per heavy atom. The van der Waals surface area contributed by atoms with Crippen LogP contribution >= 0.6 is 0 Å². The van der Waals surface area contributed by atoms with Crippen molar-refractivity contribution in [1.82, 2.24) is 0 Å². The van der Waals surface area contributed by atoms with Gasteiger partial charge in [-0.25, -0.2) is 0 Å². The quantitative estimate of drug-likeness (QED) is 0.0708. The molecule has 0 amide bonds. The number of ether oxygens (including phenoxy) is 4. The number of allylic oxidation sites excluding steroid dienone is 3. The Bertz CT molecular complexity index is 958. The molecule has 3 fully saturated rings. The van der Waals surface area contributed by atoms with E-state index >= 15 is 0 Å². The summed E-state index contributed by atoms with van der Waals surface area (Å²) in [5, 5.41) is 0. The van der Waals surface area contributed by atoms with Crippen molar-refractivity contribution >= 4 is 0 Å². The molecule has 0 radical (unpaired) electrons.